The van der Waals surface area contributed by atoms with Crippen molar-refractivity contribution in [3.05, 3.63) is 35.1 Å². The summed E-state index contributed by atoms with van der Waals surface area (Å²) in [5.74, 6) is -2.03. The molecule has 1 N–H and O–H groups in total. The number of halogens is 4. The lowest BCUT2D eigenvalue weighted by atomic mass is 10.1. The molecule has 0 aromatic heterocycles. The van der Waals surface area contributed by atoms with Crippen LogP contribution in [-0.2, 0) is 22.3 Å². The molecule has 2 rings (SSSR count). The molecule has 1 aromatic carbocycles. The minimum Gasteiger partial charge on any atom is -0.350 e. The van der Waals surface area contributed by atoms with Crippen LogP contribution in [0.1, 0.15) is 30.9 Å². The average Bonchev–Trinajstić information content (AvgIpc) is 2.85. The van der Waals surface area contributed by atoms with Crippen LogP contribution >= 0.6 is 0 Å². The molecule has 0 bridgehead atoms. The number of benzene rings is 1. The fraction of sp³-hybridized carbons (Fsp3) is 0.467. The van der Waals surface area contributed by atoms with Gasteiger partial charge in [0.1, 0.15) is 11.9 Å². The number of hydrogen-bond donors (Lipinski definition) is 1. The van der Waals surface area contributed by atoms with Gasteiger partial charge >= 0.3 is 6.18 Å². The van der Waals surface area contributed by atoms with Gasteiger partial charge in [-0.1, -0.05) is 12.1 Å². The minimum atomic E-state index is -4.79. The van der Waals surface area contributed by atoms with E-state index in [2.05, 4.69) is 5.32 Å². The van der Waals surface area contributed by atoms with Crippen LogP contribution in [0.25, 0.3) is 0 Å². The highest BCUT2D eigenvalue weighted by atomic mass is 19.4. The number of carbonyl (C=O) groups excluding carboxylic acids is 2. The summed E-state index contributed by atoms with van der Waals surface area (Å²) in [5, 5.41) is 2.41. The van der Waals surface area contributed by atoms with Crippen molar-refractivity contribution in [1.82, 2.24) is 10.2 Å². The summed E-state index contributed by atoms with van der Waals surface area (Å²) in [5.41, 5.74) is -1.61. The van der Waals surface area contributed by atoms with Gasteiger partial charge in [-0.05, 0) is 19.4 Å². The first-order chi connectivity index (χ1) is 10.8. The molecule has 1 aliphatic heterocycles. The second-order valence-electron chi connectivity index (χ2n) is 5.23. The molecule has 0 unspecified atom stereocenters. The number of alkyl halides is 3. The van der Waals surface area contributed by atoms with E-state index in [1.165, 1.54) is 11.0 Å². The highest BCUT2D eigenvalue weighted by molar-refractivity contribution is 5.90. The molecule has 23 heavy (non-hydrogen) atoms. The standard InChI is InChI=1S/C15H16F4N2O2/c1-2-21-11(6-7-12(21)22)14(23)20-8-9-4-3-5-10(13(9)16)15(17,18)19/h3-5,11H,2,6-8H2,1H3,(H,20,23)/t11-/m0/s1. The molecular formula is C15H16F4N2O2. The molecule has 4 nitrogen and oxygen atoms in total. The molecule has 126 valence electrons. The Bertz CT molecular complexity index is 616. The molecule has 0 saturated carbocycles. The van der Waals surface area contributed by atoms with Gasteiger partial charge in [-0.25, -0.2) is 4.39 Å². The van der Waals surface area contributed by atoms with Crippen molar-refractivity contribution in [2.24, 2.45) is 0 Å². The van der Waals surface area contributed by atoms with Crippen LogP contribution in [0.15, 0.2) is 18.2 Å². The molecule has 2 amide bonds. The SMILES string of the molecule is CCN1C(=O)CC[C@H]1C(=O)NCc1cccc(C(F)(F)F)c1F. The van der Waals surface area contributed by atoms with E-state index in [4.69, 9.17) is 0 Å². The maximum absolute atomic E-state index is 13.9. The lowest BCUT2D eigenvalue weighted by Crippen LogP contribution is -2.44. The number of amides is 2. The van der Waals surface area contributed by atoms with Gasteiger partial charge in [0.25, 0.3) is 0 Å². The summed E-state index contributed by atoms with van der Waals surface area (Å²) in [6, 6.07) is 2.27. The first-order valence-electron chi connectivity index (χ1n) is 7.17. The lowest BCUT2D eigenvalue weighted by Gasteiger charge is -2.22. The van der Waals surface area contributed by atoms with Gasteiger partial charge in [0, 0.05) is 25.1 Å². The fourth-order valence-corrected chi connectivity index (χ4v) is 2.64. The highest BCUT2D eigenvalue weighted by Crippen LogP contribution is 2.32. The second-order valence-corrected chi connectivity index (χ2v) is 5.23. The number of nitrogens with one attached hydrogen (secondary N) is 1. The normalized spacial score (nSPS) is 18.4. The van der Waals surface area contributed by atoms with Crippen molar-refractivity contribution in [3.63, 3.8) is 0 Å². The predicted octanol–water partition coefficient (Wildman–Crippen LogP) is 2.47. The molecule has 1 fully saturated rings. The lowest BCUT2D eigenvalue weighted by molar-refractivity contribution is -0.140. The maximum Gasteiger partial charge on any atom is 0.419 e. The number of hydrogen-bond acceptors (Lipinski definition) is 2. The van der Waals surface area contributed by atoms with Gasteiger partial charge in [-0.2, -0.15) is 13.2 Å². The van der Waals surface area contributed by atoms with E-state index in [-0.39, 0.29) is 24.4 Å². The second kappa shape index (κ2) is 6.55. The molecule has 0 spiro atoms. The third-order valence-corrected chi connectivity index (χ3v) is 3.81. The number of likely N-dealkylation sites (tertiary alicyclic amines) is 1. The van der Waals surface area contributed by atoms with E-state index >= 15 is 0 Å². The Morgan fingerprint density at radius 1 is 1.39 bits per heavy atom. The van der Waals surface area contributed by atoms with Crippen LogP contribution < -0.4 is 5.32 Å². The summed E-state index contributed by atoms with van der Waals surface area (Å²) < 4.78 is 51.8. The van der Waals surface area contributed by atoms with E-state index in [1.807, 2.05) is 0 Å². The van der Waals surface area contributed by atoms with Crippen molar-refractivity contribution in [2.45, 2.75) is 38.5 Å². The molecule has 1 aromatic rings. The Labute approximate surface area is 130 Å². The van der Waals surface area contributed by atoms with Gasteiger partial charge in [-0.15, -0.1) is 0 Å². The highest BCUT2D eigenvalue weighted by Gasteiger charge is 2.36. The Morgan fingerprint density at radius 2 is 2.09 bits per heavy atom. The third-order valence-electron chi connectivity index (χ3n) is 3.81. The average molecular weight is 332 g/mol. The number of nitrogens with zero attached hydrogens (tertiary/aromatic N) is 1. The molecule has 1 atom stereocenters. The van der Waals surface area contributed by atoms with E-state index < -0.39 is 29.5 Å². The molecule has 1 heterocycles. The van der Waals surface area contributed by atoms with Crippen LogP contribution in [0.2, 0.25) is 0 Å². The molecule has 0 aliphatic carbocycles. The molecular weight excluding hydrogens is 316 g/mol. The first-order valence-corrected chi connectivity index (χ1v) is 7.17. The van der Waals surface area contributed by atoms with Gasteiger partial charge in [0.15, 0.2) is 0 Å². The van der Waals surface area contributed by atoms with E-state index in [0.717, 1.165) is 6.07 Å². The summed E-state index contributed by atoms with van der Waals surface area (Å²) in [6.07, 6.45) is -4.19. The van der Waals surface area contributed by atoms with E-state index in [1.54, 1.807) is 6.92 Å². The molecule has 8 heteroatoms. The minimum absolute atomic E-state index is 0.141. The topological polar surface area (TPSA) is 49.4 Å². The van der Waals surface area contributed by atoms with Gasteiger partial charge in [0.2, 0.25) is 11.8 Å². The van der Waals surface area contributed by atoms with E-state index in [0.29, 0.717) is 19.0 Å². The number of likely N-dealkylation sites (N-methyl/N-ethyl adjacent to an activating group) is 1. The Balaban J connectivity index is 2.07. The number of carbonyl (C=O) groups is 2. The number of rotatable bonds is 4. The first kappa shape index (κ1) is 17.2. The van der Waals surface area contributed by atoms with E-state index in [9.17, 15) is 27.2 Å². The summed E-state index contributed by atoms with van der Waals surface area (Å²) >= 11 is 0. The summed E-state index contributed by atoms with van der Waals surface area (Å²) in [6.45, 7) is 1.74. The van der Waals surface area contributed by atoms with Crippen LogP contribution in [0.5, 0.6) is 0 Å². The summed E-state index contributed by atoms with van der Waals surface area (Å²) in [4.78, 5) is 25.0. The van der Waals surface area contributed by atoms with Gasteiger partial charge < -0.3 is 10.2 Å². The van der Waals surface area contributed by atoms with Crippen molar-refractivity contribution in [1.29, 1.82) is 0 Å². The monoisotopic (exact) mass is 332 g/mol. The predicted molar refractivity (Wildman–Crippen MR) is 73.7 cm³/mol. The quantitative estimate of drug-likeness (QED) is 0.861. The van der Waals surface area contributed by atoms with Gasteiger partial charge in [-0.3, -0.25) is 9.59 Å². The maximum atomic E-state index is 13.9. The zero-order chi connectivity index (χ0) is 17.2. The van der Waals surface area contributed by atoms with Crippen molar-refractivity contribution in [2.75, 3.05) is 6.54 Å². The van der Waals surface area contributed by atoms with Gasteiger partial charge in [0.05, 0.1) is 5.56 Å². The fourth-order valence-electron chi connectivity index (χ4n) is 2.64. The Hall–Kier alpha value is -2.12. The van der Waals surface area contributed by atoms with Crippen LogP contribution in [-0.4, -0.2) is 29.3 Å². The Kier molecular flexibility index (Phi) is 4.91. The largest absolute Gasteiger partial charge is 0.419 e. The van der Waals surface area contributed by atoms with Crippen LogP contribution in [0.4, 0.5) is 17.6 Å². The molecule has 0 radical (unpaired) electrons. The molecule has 1 saturated heterocycles. The Morgan fingerprint density at radius 3 is 2.70 bits per heavy atom. The van der Waals surface area contributed by atoms with Crippen LogP contribution in [0, 0.1) is 5.82 Å². The smallest absolute Gasteiger partial charge is 0.350 e. The van der Waals surface area contributed by atoms with Crippen molar-refractivity contribution >= 4 is 11.8 Å². The zero-order valence-corrected chi connectivity index (χ0v) is 12.4. The summed E-state index contributed by atoms with van der Waals surface area (Å²) in [7, 11) is 0. The zero-order valence-electron chi connectivity index (χ0n) is 12.4. The van der Waals surface area contributed by atoms with Crippen LogP contribution in [0.3, 0.4) is 0 Å². The third kappa shape index (κ3) is 3.62. The van der Waals surface area contributed by atoms with Crippen molar-refractivity contribution < 1.29 is 27.2 Å². The van der Waals surface area contributed by atoms with Crippen molar-refractivity contribution in [3.8, 4) is 0 Å². The molecule has 1 aliphatic rings.